The first-order chi connectivity index (χ1) is 16.4. The highest BCUT2D eigenvalue weighted by Gasteiger charge is 2.47. The molecule has 0 spiro atoms. The summed E-state index contributed by atoms with van der Waals surface area (Å²) in [5.41, 5.74) is 4.83. The molecular weight excluding hydrogens is 428 g/mol. The molecule has 172 valence electrons. The van der Waals surface area contributed by atoms with Gasteiger partial charge in [0.15, 0.2) is 0 Å². The monoisotopic (exact) mass is 454 g/mol. The number of rotatable bonds is 4. The average molecular weight is 455 g/mol. The van der Waals surface area contributed by atoms with E-state index in [1.165, 1.54) is 4.90 Å². The summed E-state index contributed by atoms with van der Waals surface area (Å²) in [6, 6.07) is 19.8. The number of aryl methyl sites for hydroxylation is 1. The number of amides is 1. The molecule has 1 amide bonds. The van der Waals surface area contributed by atoms with E-state index in [2.05, 4.69) is 0 Å². The topological polar surface area (TPSA) is 70.1 Å². The van der Waals surface area contributed by atoms with E-state index in [-0.39, 0.29) is 11.3 Å². The average Bonchev–Trinajstić information content (AvgIpc) is 3.41. The highest BCUT2D eigenvalue weighted by atomic mass is 16.5. The van der Waals surface area contributed by atoms with Gasteiger partial charge in [-0.3, -0.25) is 14.5 Å². The molecule has 2 heterocycles. The molecule has 0 aliphatic carbocycles. The van der Waals surface area contributed by atoms with Crippen LogP contribution in [0.4, 0.5) is 11.4 Å². The second-order valence-corrected chi connectivity index (χ2v) is 8.86. The molecule has 5 rings (SSSR count). The number of ketones is 1. The number of hydrogen-bond donors (Lipinski definition) is 1. The van der Waals surface area contributed by atoms with Crippen molar-refractivity contribution < 1.29 is 19.4 Å². The number of nitrogens with zero attached hydrogens (tertiary/aromatic N) is 2. The lowest BCUT2D eigenvalue weighted by Gasteiger charge is -2.27. The Hall–Kier alpha value is -4.06. The van der Waals surface area contributed by atoms with Gasteiger partial charge in [-0.15, -0.1) is 0 Å². The Balaban J connectivity index is 1.70. The number of ether oxygens (including phenoxy) is 1. The molecule has 1 atom stereocenters. The first kappa shape index (κ1) is 21.8. The van der Waals surface area contributed by atoms with Gasteiger partial charge in [0.25, 0.3) is 11.7 Å². The molecule has 0 aromatic heterocycles. The number of carbonyl (C=O) groups excluding carboxylic acids is 2. The zero-order valence-corrected chi connectivity index (χ0v) is 19.4. The summed E-state index contributed by atoms with van der Waals surface area (Å²) in [7, 11) is 3.90. The van der Waals surface area contributed by atoms with E-state index in [4.69, 9.17) is 4.74 Å². The van der Waals surface area contributed by atoms with Crippen LogP contribution in [0.2, 0.25) is 0 Å². The Kier molecular flexibility index (Phi) is 5.36. The highest BCUT2D eigenvalue weighted by Crippen LogP contribution is 2.43. The summed E-state index contributed by atoms with van der Waals surface area (Å²) < 4.78 is 5.57. The summed E-state index contributed by atoms with van der Waals surface area (Å²) in [5.74, 6) is -0.736. The summed E-state index contributed by atoms with van der Waals surface area (Å²) in [6.07, 6.45) is 0.740. The highest BCUT2D eigenvalue weighted by molar-refractivity contribution is 6.51. The van der Waals surface area contributed by atoms with Crippen molar-refractivity contribution in [1.29, 1.82) is 0 Å². The van der Waals surface area contributed by atoms with Gasteiger partial charge in [0.05, 0.1) is 18.2 Å². The number of aliphatic hydroxyl groups excluding tert-OH is 1. The Labute approximate surface area is 198 Å². The standard InChI is InChI=1S/C28H26N2O4/c1-17-6-4-5-7-22(17)30-25(18-8-11-21(12-9-18)29(2)3)24(27(32)28(30)33)26(31)20-10-13-23-19(16-20)14-15-34-23/h4-13,16,25,31H,14-15H2,1-3H3/b26-24-. The van der Waals surface area contributed by atoms with Gasteiger partial charge in [-0.1, -0.05) is 30.3 Å². The normalized spacial score (nSPS) is 18.7. The number of benzene rings is 3. The number of anilines is 2. The van der Waals surface area contributed by atoms with Crippen LogP contribution in [-0.2, 0) is 16.0 Å². The maximum absolute atomic E-state index is 13.4. The molecule has 2 aliphatic rings. The molecule has 0 bridgehead atoms. The van der Waals surface area contributed by atoms with E-state index in [1.807, 2.05) is 80.5 Å². The van der Waals surface area contributed by atoms with Crippen LogP contribution in [0.1, 0.15) is 28.3 Å². The van der Waals surface area contributed by atoms with E-state index in [0.29, 0.717) is 17.9 Å². The number of fused-ring (bicyclic) bond motifs is 1. The molecule has 6 nitrogen and oxygen atoms in total. The lowest BCUT2D eigenvalue weighted by atomic mass is 9.94. The molecule has 0 saturated carbocycles. The van der Waals surface area contributed by atoms with Crippen LogP contribution >= 0.6 is 0 Å². The molecule has 1 saturated heterocycles. The van der Waals surface area contributed by atoms with Crippen LogP contribution in [0.5, 0.6) is 5.75 Å². The van der Waals surface area contributed by atoms with Gasteiger partial charge >= 0.3 is 0 Å². The van der Waals surface area contributed by atoms with E-state index in [0.717, 1.165) is 34.5 Å². The van der Waals surface area contributed by atoms with Gasteiger partial charge in [-0.05, 0) is 60.0 Å². The minimum absolute atomic E-state index is 0.0877. The van der Waals surface area contributed by atoms with Crippen LogP contribution in [0.15, 0.2) is 72.3 Å². The first-order valence-electron chi connectivity index (χ1n) is 11.3. The second-order valence-electron chi connectivity index (χ2n) is 8.86. The van der Waals surface area contributed by atoms with Gasteiger partial charge in [0.2, 0.25) is 0 Å². The van der Waals surface area contributed by atoms with Gasteiger partial charge in [-0.2, -0.15) is 0 Å². The third-order valence-corrected chi connectivity index (χ3v) is 6.51. The number of hydrogen-bond acceptors (Lipinski definition) is 5. The van der Waals surface area contributed by atoms with E-state index < -0.39 is 17.7 Å². The Morgan fingerprint density at radius 1 is 1.03 bits per heavy atom. The maximum Gasteiger partial charge on any atom is 0.300 e. The molecule has 0 radical (unpaired) electrons. The Morgan fingerprint density at radius 3 is 2.47 bits per heavy atom. The predicted molar refractivity (Wildman–Crippen MR) is 132 cm³/mol. The van der Waals surface area contributed by atoms with E-state index in [1.54, 1.807) is 12.1 Å². The van der Waals surface area contributed by atoms with Crippen LogP contribution < -0.4 is 14.5 Å². The zero-order valence-electron chi connectivity index (χ0n) is 19.4. The summed E-state index contributed by atoms with van der Waals surface area (Å²) in [6.45, 7) is 2.50. The van der Waals surface area contributed by atoms with Crippen LogP contribution in [-0.4, -0.2) is 37.5 Å². The third kappa shape index (κ3) is 3.52. The maximum atomic E-state index is 13.4. The van der Waals surface area contributed by atoms with Gasteiger partial charge in [-0.25, -0.2) is 0 Å². The lowest BCUT2D eigenvalue weighted by molar-refractivity contribution is -0.132. The number of Topliss-reactive ketones (excluding diaryl/α,β-unsaturated/α-hetero) is 1. The second kappa shape index (κ2) is 8.37. The number of aliphatic hydroxyl groups is 1. The van der Waals surface area contributed by atoms with Gasteiger partial charge in [0, 0.05) is 37.5 Å². The fourth-order valence-electron chi connectivity index (χ4n) is 4.67. The largest absolute Gasteiger partial charge is 0.507 e. The Bertz CT molecular complexity index is 1320. The summed E-state index contributed by atoms with van der Waals surface area (Å²) in [4.78, 5) is 30.2. The van der Waals surface area contributed by atoms with Crippen LogP contribution in [0.3, 0.4) is 0 Å². The number of para-hydroxylation sites is 1. The minimum atomic E-state index is -0.748. The van der Waals surface area contributed by atoms with Gasteiger partial charge in [0.1, 0.15) is 11.5 Å². The molecule has 3 aromatic rings. The van der Waals surface area contributed by atoms with E-state index >= 15 is 0 Å². The molecule has 2 aliphatic heterocycles. The zero-order chi connectivity index (χ0) is 24.0. The van der Waals surface area contributed by atoms with Crippen LogP contribution in [0.25, 0.3) is 5.76 Å². The summed E-state index contributed by atoms with van der Waals surface area (Å²) >= 11 is 0. The molecule has 34 heavy (non-hydrogen) atoms. The summed E-state index contributed by atoms with van der Waals surface area (Å²) in [5, 5.41) is 11.4. The third-order valence-electron chi connectivity index (χ3n) is 6.51. The fourth-order valence-corrected chi connectivity index (χ4v) is 4.67. The molecule has 6 heteroatoms. The van der Waals surface area contributed by atoms with Crippen molar-refractivity contribution >= 4 is 28.8 Å². The molecule has 1 unspecified atom stereocenters. The van der Waals surface area contributed by atoms with Crippen LogP contribution in [0, 0.1) is 6.92 Å². The van der Waals surface area contributed by atoms with Crippen molar-refractivity contribution in [2.24, 2.45) is 0 Å². The Morgan fingerprint density at radius 2 is 1.76 bits per heavy atom. The van der Waals surface area contributed by atoms with Crippen molar-refractivity contribution in [2.45, 2.75) is 19.4 Å². The number of carbonyl (C=O) groups is 2. The first-order valence-corrected chi connectivity index (χ1v) is 11.3. The van der Waals surface area contributed by atoms with Gasteiger partial charge < -0.3 is 14.7 Å². The lowest BCUT2D eigenvalue weighted by Crippen LogP contribution is -2.30. The molecule has 3 aromatic carbocycles. The molecular formula is C28H26N2O4. The smallest absolute Gasteiger partial charge is 0.300 e. The predicted octanol–water partition coefficient (Wildman–Crippen LogP) is 4.62. The SMILES string of the molecule is Cc1ccccc1N1C(=O)C(=O)/C(=C(\O)c2ccc3c(c2)CCO3)C1c1ccc(N(C)C)cc1. The van der Waals surface area contributed by atoms with Crippen molar-refractivity contribution in [3.63, 3.8) is 0 Å². The van der Waals surface area contributed by atoms with E-state index in [9.17, 15) is 14.7 Å². The van der Waals surface area contributed by atoms with Crippen molar-refractivity contribution in [2.75, 3.05) is 30.5 Å². The quantitative estimate of drug-likeness (QED) is 0.354. The minimum Gasteiger partial charge on any atom is -0.507 e. The fraction of sp³-hybridized carbons (Fsp3) is 0.214. The van der Waals surface area contributed by atoms with Crippen molar-refractivity contribution in [1.82, 2.24) is 0 Å². The van der Waals surface area contributed by atoms with Crippen molar-refractivity contribution in [3.05, 3.63) is 94.6 Å². The van der Waals surface area contributed by atoms with Crippen molar-refractivity contribution in [3.8, 4) is 5.75 Å². The molecule has 1 N–H and O–H groups in total. The molecule has 1 fully saturated rings.